The van der Waals surface area contributed by atoms with Crippen LogP contribution in [-0.2, 0) is 0 Å². The second-order valence-corrected chi connectivity index (χ2v) is 36.2. The van der Waals surface area contributed by atoms with Gasteiger partial charge in [0.15, 0.2) is 8.24 Å². The van der Waals surface area contributed by atoms with Crippen LogP contribution in [0.5, 0.6) is 0 Å². The van der Waals surface area contributed by atoms with Gasteiger partial charge in [0.2, 0.25) is 5.65 Å². The lowest BCUT2D eigenvalue weighted by molar-refractivity contribution is 0.216. The summed E-state index contributed by atoms with van der Waals surface area (Å²) in [7, 11) is -5.03. The summed E-state index contributed by atoms with van der Waals surface area (Å²) in [4.78, 5) is 13.5. The van der Waals surface area contributed by atoms with Gasteiger partial charge in [0.25, 0.3) is 0 Å². The largest absolute Gasteiger partial charge is 0.363 e. The third-order valence-electron chi connectivity index (χ3n) is 3.07. The second kappa shape index (κ2) is 5.98. The minimum absolute atomic E-state index is 0.0541. The van der Waals surface area contributed by atoms with Crippen molar-refractivity contribution in [3.63, 3.8) is 0 Å². The van der Waals surface area contributed by atoms with E-state index in [1.54, 1.807) is 0 Å². The highest BCUT2D eigenvalue weighted by Crippen LogP contribution is 2.57. The first kappa shape index (κ1) is 20.6. The summed E-state index contributed by atoms with van der Waals surface area (Å²) in [5, 5.41) is 0. The van der Waals surface area contributed by atoms with Gasteiger partial charge >= 0.3 is 0 Å². The van der Waals surface area contributed by atoms with Gasteiger partial charge in [-0.3, -0.25) is 4.79 Å². The van der Waals surface area contributed by atoms with Crippen molar-refractivity contribution in [1.82, 2.24) is 4.57 Å². The maximum Gasteiger partial charge on any atom is 0.228 e. The Morgan fingerprint density at radius 1 is 0.800 bits per heavy atom. The van der Waals surface area contributed by atoms with Gasteiger partial charge in [-0.15, -0.1) is 0 Å². The van der Waals surface area contributed by atoms with E-state index in [0.717, 1.165) is 0 Å². The fourth-order valence-electron chi connectivity index (χ4n) is 3.26. The van der Waals surface area contributed by atoms with Crippen LogP contribution in [0.1, 0.15) is 20.8 Å². The maximum atomic E-state index is 13.5. The fraction of sp³-hybridized carbons (Fsp3) is 0.929. The molecule has 0 heterocycles. The van der Waals surface area contributed by atoms with Crippen molar-refractivity contribution in [2.45, 2.75) is 85.2 Å². The van der Waals surface area contributed by atoms with E-state index in [2.05, 4.69) is 84.3 Å². The molecule has 0 fully saturated rings. The SMILES string of the molecule is CC(C)(C)N(C(=O)P([Si](C)(C)C)[Si](C)(C)C)[Si](C)(C)C. The molecule has 0 saturated carbocycles. The van der Waals surface area contributed by atoms with Gasteiger partial charge in [0.05, 0.1) is 15.5 Å². The molecule has 120 valence electrons. The topological polar surface area (TPSA) is 20.3 Å². The molecule has 0 radical (unpaired) electrons. The monoisotopic (exact) mass is 349 g/mol. The number of rotatable bonds is 4. The Morgan fingerprint density at radius 3 is 1.25 bits per heavy atom. The minimum atomic E-state index is -1.66. The van der Waals surface area contributed by atoms with Crippen LogP contribution >= 0.6 is 7.02 Å². The van der Waals surface area contributed by atoms with Crippen LogP contribution in [-0.4, -0.2) is 39.5 Å². The fourth-order valence-corrected chi connectivity index (χ4v) is 39.5. The molecule has 0 aromatic carbocycles. The molecular weight excluding hydrogens is 313 g/mol. The summed E-state index contributed by atoms with van der Waals surface area (Å²) < 4.78 is 2.31. The predicted molar refractivity (Wildman–Crippen MR) is 104 cm³/mol. The summed E-state index contributed by atoms with van der Waals surface area (Å²) in [6, 6.07) is 0. The number of amides is 1. The zero-order valence-electron chi connectivity index (χ0n) is 15.8. The molecule has 20 heavy (non-hydrogen) atoms. The van der Waals surface area contributed by atoms with E-state index in [1.807, 2.05) is 0 Å². The molecule has 0 unspecified atom stereocenters. The number of carbonyl (C=O) groups excluding carboxylic acids is 1. The van der Waals surface area contributed by atoms with E-state index in [0.29, 0.717) is 5.65 Å². The standard InChI is InChI=1S/C14H36NOPSi3/c1-14(2,3)15(18(4,5)6)13(16)17(19(7,8)9)20(10,11)12/h1-12H3. The average Bonchev–Trinajstić information content (AvgIpc) is 1.88. The van der Waals surface area contributed by atoms with Crippen molar-refractivity contribution >= 4 is 36.4 Å². The third-order valence-corrected chi connectivity index (χ3v) is 30.0. The molecule has 1 amide bonds. The summed E-state index contributed by atoms with van der Waals surface area (Å²) >= 11 is 0. The van der Waals surface area contributed by atoms with Gasteiger partial charge in [0, 0.05) is 5.54 Å². The van der Waals surface area contributed by atoms with Crippen molar-refractivity contribution in [1.29, 1.82) is 0 Å². The van der Waals surface area contributed by atoms with Crippen molar-refractivity contribution in [3.05, 3.63) is 0 Å². The molecule has 0 aromatic rings. The van der Waals surface area contributed by atoms with Crippen molar-refractivity contribution < 1.29 is 4.79 Å². The van der Waals surface area contributed by atoms with Gasteiger partial charge in [-0.25, -0.2) is 0 Å². The Bertz CT molecular complexity index is 297. The molecule has 0 saturated heterocycles. The lowest BCUT2D eigenvalue weighted by atomic mass is 10.1. The summed E-state index contributed by atoms with van der Waals surface area (Å²) in [5.41, 5.74) is 0.464. The molecule has 0 aliphatic heterocycles. The van der Waals surface area contributed by atoms with Crippen molar-refractivity contribution in [2.24, 2.45) is 0 Å². The average molecular weight is 350 g/mol. The summed E-state index contributed by atoms with van der Waals surface area (Å²) in [6.45, 7) is 27.8. The van der Waals surface area contributed by atoms with Gasteiger partial charge in [-0.05, 0) is 27.8 Å². The molecule has 0 N–H and O–H groups in total. The maximum absolute atomic E-state index is 13.5. The Hall–Kier alpha value is 0.551. The van der Waals surface area contributed by atoms with Crippen molar-refractivity contribution in [3.8, 4) is 0 Å². The molecule has 0 bridgehead atoms. The van der Waals surface area contributed by atoms with Crippen LogP contribution in [0.15, 0.2) is 0 Å². The lowest BCUT2D eigenvalue weighted by Gasteiger charge is -2.50. The molecule has 0 rings (SSSR count). The molecule has 2 nitrogen and oxygen atoms in total. The quantitative estimate of drug-likeness (QED) is 0.437. The molecule has 6 heteroatoms. The number of carbonyl (C=O) groups is 1. The minimum Gasteiger partial charge on any atom is -0.363 e. The number of hydrogen-bond donors (Lipinski definition) is 0. The zero-order chi connectivity index (χ0) is 16.7. The summed E-state index contributed by atoms with van der Waals surface area (Å²) in [6.07, 6.45) is 0. The third kappa shape index (κ3) is 5.39. The Morgan fingerprint density at radius 2 is 1.10 bits per heavy atom. The molecule has 0 aromatic heterocycles. The van der Waals surface area contributed by atoms with Gasteiger partial charge in [-0.2, -0.15) is 0 Å². The van der Waals surface area contributed by atoms with Crippen LogP contribution < -0.4 is 0 Å². The molecule has 0 spiro atoms. The zero-order valence-corrected chi connectivity index (χ0v) is 19.7. The van der Waals surface area contributed by atoms with E-state index < -0.39 is 30.7 Å². The van der Waals surface area contributed by atoms with E-state index in [4.69, 9.17) is 0 Å². The smallest absolute Gasteiger partial charge is 0.228 e. The number of nitrogens with zero attached hydrogens (tertiary/aromatic N) is 1. The first-order valence-corrected chi connectivity index (χ1v) is 21.0. The predicted octanol–water partition coefficient (Wildman–Crippen LogP) is 6.19. The Kier molecular flexibility index (Phi) is 6.14. The first-order chi connectivity index (χ1) is 8.40. The van der Waals surface area contributed by atoms with Crippen LogP contribution in [0.25, 0.3) is 0 Å². The van der Waals surface area contributed by atoms with Crippen LogP contribution in [0.3, 0.4) is 0 Å². The highest BCUT2D eigenvalue weighted by atomic mass is 31.6. The Balaban J connectivity index is 5.89. The Labute approximate surface area is 131 Å². The van der Waals surface area contributed by atoms with Gasteiger partial charge in [0.1, 0.15) is 0 Å². The van der Waals surface area contributed by atoms with E-state index >= 15 is 0 Å². The van der Waals surface area contributed by atoms with Gasteiger partial charge < -0.3 is 4.57 Å². The molecule has 0 aliphatic carbocycles. The normalized spacial score (nSPS) is 14.7. The van der Waals surface area contributed by atoms with Crippen LogP contribution in [0.2, 0.25) is 58.9 Å². The molecule has 0 atom stereocenters. The second-order valence-electron chi connectivity index (χ2n) is 9.64. The van der Waals surface area contributed by atoms with Gasteiger partial charge in [-0.1, -0.05) is 58.9 Å². The van der Waals surface area contributed by atoms with Crippen molar-refractivity contribution in [2.75, 3.05) is 0 Å². The molecule has 0 aliphatic rings. The van der Waals surface area contributed by atoms with Crippen LogP contribution in [0.4, 0.5) is 4.79 Å². The lowest BCUT2D eigenvalue weighted by Crippen LogP contribution is -2.59. The first-order valence-electron chi connectivity index (χ1n) is 7.55. The highest BCUT2D eigenvalue weighted by molar-refractivity contribution is 8.27. The van der Waals surface area contributed by atoms with E-state index in [9.17, 15) is 4.79 Å². The highest BCUT2D eigenvalue weighted by Gasteiger charge is 2.48. The number of hydrogen-bond acceptors (Lipinski definition) is 1. The van der Waals surface area contributed by atoms with Crippen LogP contribution in [0, 0.1) is 0 Å². The molecular formula is C14H36NOPSi3. The van der Waals surface area contributed by atoms with E-state index in [1.165, 1.54) is 0 Å². The van der Waals surface area contributed by atoms with E-state index in [-0.39, 0.29) is 5.54 Å². The summed E-state index contributed by atoms with van der Waals surface area (Å²) in [5.74, 6) is 0.